The molecule has 0 aliphatic heterocycles. The van der Waals surface area contributed by atoms with Gasteiger partial charge in [-0.3, -0.25) is 4.79 Å². The number of carbonyl (C=O) groups excluding carboxylic acids is 1. The Hall–Kier alpha value is -3.31. The van der Waals surface area contributed by atoms with Gasteiger partial charge in [0.15, 0.2) is 0 Å². The molecule has 4 aromatic rings. The van der Waals surface area contributed by atoms with Crippen molar-refractivity contribution in [1.29, 1.82) is 0 Å². The largest absolute Gasteiger partial charge is 0.459 e. The lowest BCUT2D eigenvalue weighted by Crippen LogP contribution is -2.30. The average molecular weight is 394 g/mol. The highest BCUT2D eigenvalue weighted by molar-refractivity contribution is 6.30. The molecule has 4 rings (SSSR count). The number of rotatable bonds is 4. The van der Waals surface area contributed by atoms with Crippen LogP contribution < -0.4 is 5.63 Å². The Morgan fingerprint density at radius 3 is 2.54 bits per heavy atom. The number of benzene rings is 2. The van der Waals surface area contributed by atoms with Gasteiger partial charge in [-0.15, -0.1) is 0 Å². The van der Waals surface area contributed by atoms with E-state index in [4.69, 9.17) is 20.4 Å². The lowest BCUT2D eigenvalue weighted by Gasteiger charge is -2.15. The van der Waals surface area contributed by atoms with E-state index in [1.54, 1.807) is 49.5 Å². The van der Waals surface area contributed by atoms with Crippen LogP contribution >= 0.6 is 11.6 Å². The number of furan rings is 1. The van der Waals surface area contributed by atoms with Crippen molar-refractivity contribution in [1.82, 2.24) is 4.90 Å². The number of fused-ring (bicyclic) bond motifs is 1. The molecule has 2 heterocycles. The van der Waals surface area contributed by atoms with Crippen molar-refractivity contribution in [3.05, 3.63) is 93.5 Å². The third kappa shape index (κ3) is 3.57. The van der Waals surface area contributed by atoms with Crippen molar-refractivity contribution >= 4 is 28.5 Å². The highest BCUT2D eigenvalue weighted by Gasteiger charge is 2.19. The summed E-state index contributed by atoms with van der Waals surface area (Å²) in [4.78, 5) is 26.4. The second kappa shape index (κ2) is 7.37. The zero-order chi connectivity index (χ0) is 19.7. The average Bonchev–Trinajstić information content (AvgIpc) is 3.16. The molecule has 140 valence electrons. The van der Waals surface area contributed by atoms with Crippen molar-refractivity contribution in [2.75, 3.05) is 7.05 Å². The van der Waals surface area contributed by atoms with Gasteiger partial charge < -0.3 is 13.7 Å². The Labute approximate surface area is 165 Å². The van der Waals surface area contributed by atoms with E-state index in [1.165, 1.54) is 4.90 Å². The SMILES string of the molecule is CN(Cc1ccc(-c2ccc(Cl)cc2)o1)C(=O)c1cc2ccccc2oc1=O. The number of nitrogens with zero attached hydrogens (tertiary/aromatic N) is 1. The van der Waals surface area contributed by atoms with Crippen molar-refractivity contribution in [2.45, 2.75) is 6.54 Å². The first-order valence-corrected chi connectivity index (χ1v) is 9.02. The predicted molar refractivity (Wildman–Crippen MR) is 107 cm³/mol. The minimum absolute atomic E-state index is 0.00863. The van der Waals surface area contributed by atoms with Crippen LogP contribution in [0.15, 0.2) is 80.4 Å². The fourth-order valence-corrected chi connectivity index (χ4v) is 3.08. The van der Waals surface area contributed by atoms with Crippen molar-refractivity contribution in [3.63, 3.8) is 0 Å². The monoisotopic (exact) mass is 393 g/mol. The smallest absolute Gasteiger partial charge is 0.349 e. The molecule has 5 nitrogen and oxygen atoms in total. The number of halogens is 1. The lowest BCUT2D eigenvalue weighted by atomic mass is 10.1. The van der Waals surface area contributed by atoms with Gasteiger partial charge >= 0.3 is 5.63 Å². The third-order valence-electron chi connectivity index (χ3n) is 4.40. The van der Waals surface area contributed by atoms with Gasteiger partial charge in [0.05, 0.1) is 6.54 Å². The van der Waals surface area contributed by atoms with E-state index in [2.05, 4.69) is 0 Å². The second-order valence-corrected chi connectivity index (χ2v) is 6.86. The molecule has 28 heavy (non-hydrogen) atoms. The molecule has 0 aliphatic rings. The van der Waals surface area contributed by atoms with Crippen LogP contribution in [0.1, 0.15) is 16.1 Å². The number of hydrogen-bond donors (Lipinski definition) is 0. The molecule has 2 aromatic carbocycles. The maximum Gasteiger partial charge on any atom is 0.349 e. The number of carbonyl (C=O) groups is 1. The van der Waals surface area contributed by atoms with E-state index >= 15 is 0 Å². The highest BCUT2D eigenvalue weighted by atomic mass is 35.5. The van der Waals surface area contributed by atoms with E-state index in [9.17, 15) is 9.59 Å². The summed E-state index contributed by atoms with van der Waals surface area (Å²) in [6.45, 7) is 0.221. The van der Waals surface area contributed by atoms with Gasteiger partial charge in [0, 0.05) is 23.0 Å². The molecule has 0 spiro atoms. The van der Waals surface area contributed by atoms with Gasteiger partial charge in [0.2, 0.25) is 0 Å². The van der Waals surface area contributed by atoms with Gasteiger partial charge in [-0.1, -0.05) is 29.8 Å². The van der Waals surface area contributed by atoms with Crippen LogP contribution in [-0.2, 0) is 6.54 Å². The summed E-state index contributed by atoms with van der Waals surface area (Å²) in [7, 11) is 1.61. The molecule has 0 saturated carbocycles. The van der Waals surface area contributed by atoms with E-state index in [0.717, 1.165) is 5.56 Å². The molecule has 0 fully saturated rings. The van der Waals surface area contributed by atoms with Crippen molar-refractivity contribution in [2.24, 2.45) is 0 Å². The molecular formula is C22H16ClNO4. The molecule has 1 amide bonds. The highest BCUT2D eigenvalue weighted by Crippen LogP contribution is 2.24. The van der Waals surface area contributed by atoms with Crippen molar-refractivity contribution < 1.29 is 13.6 Å². The Kier molecular flexibility index (Phi) is 4.75. The van der Waals surface area contributed by atoms with E-state index < -0.39 is 11.5 Å². The third-order valence-corrected chi connectivity index (χ3v) is 4.65. The minimum atomic E-state index is -0.656. The minimum Gasteiger partial charge on any atom is -0.459 e. The summed E-state index contributed by atoms with van der Waals surface area (Å²) in [6, 6.07) is 19.6. The van der Waals surface area contributed by atoms with Crippen LogP contribution in [0.4, 0.5) is 0 Å². The van der Waals surface area contributed by atoms with E-state index in [0.29, 0.717) is 27.5 Å². The standard InChI is InChI=1S/C22H16ClNO4/c1-24(13-17-10-11-20(27-17)14-6-8-16(23)9-7-14)21(25)18-12-15-4-2-3-5-19(15)28-22(18)26/h2-12H,13H2,1H3. The summed E-state index contributed by atoms with van der Waals surface area (Å²) in [5.41, 5.74) is 0.674. The molecule has 6 heteroatoms. The number of amides is 1. The molecule has 0 unspecified atom stereocenters. The number of para-hydroxylation sites is 1. The quantitative estimate of drug-likeness (QED) is 0.459. The van der Waals surface area contributed by atoms with Crippen LogP contribution in [-0.4, -0.2) is 17.9 Å². The van der Waals surface area contributed by atoms with Crippen LogP contribution in [0, 0.1) is 0 Å². The zero-order valence-electron chi connectivity index (χ0n) is 15.0. The van der Waals surface area contributed by atoms with Crippen LogP contribution in [0.2, 0.25) is 5.02 Å². The molecule has 0 saturated heterocycles. The lowest BCUT2D eigenvalue weighted by molar-refractivity contribution is 0.0771. The summed E-state index contributed by atoms with van der Waals surface area (Å²) in [6.07, 6.45) is 0. The van der Waals surface area contributed by atoms with Crippen LogP contribution in [0.5, 0.6) is 0 Å². The molecule has 0 bridgehead atoms. The number of hydrogen-bond acceptors (Lipinski definition) is 4. The fourth-order valence-electron chi connectivity index (χ4n) is 2.95. The zero-order valence-corrected chi connectivity index (χ0v) is 15.8. The summed E-state index contributed by atoms with van der Waals surface area (Å²) >= 11 is 5.91. The Morgan fingerprint density at radius 1 is 1.00 bits per heavy atom. The Balaban J connectivity index is 1.55. The van der Waals surface area contributed by atoms with Gasteiger partial charge in [0.25, 0.3) is 5.91 Å². The summed E-state index contributed by atoms with van der Waals surface area (Å²) in [5.74, 6) is 0.854. The molecular weight excluding hydrogens is 378 g/mol. The topological polar surface area (TPSA) is 63.7 Å². The first-order chi connectivity index (χ1) is 13.5. The first-order valence-electron chi connectivity index (χ1n) is 8.64. The first kappa shape index (κ1) is 18.1. The summed E-state index contributed by atoms with van der Waals surface area (Å²) in [5, 5.41) is 1.34. The van der Waals surface area contributed by atoms with Gasteiger partial charge in [-0.05, 0) is 48.5 Å². The normalized spacial score (nSPS) is 10.9. The second-order valence-electron chi connectivity index (χ2n) is 6.42. The van der Waals surface area contributed by atoms with Gasteiger partial charge in [-0.2, -0.15) is 0 Å². The van der Waals surface area contributed by atoms with E-state index in [1.807, 2.05) is 24.3 Å². The molecule has 2 aromatic heterocycles. The molecule has 0 aliphatic carbocycles. The maximum atomic E-state index is 12.7. The molecule has 0 N–H and O–H groups in total. The maximum absolute atomic E-state index is 12.7. The van der Waals surface area contributed by atoms with E-state index in [-0.39, 0.29) is 12.1 Å². The Bertz CT molecular complexity index is 1210. The summed E-state index contributed by atoms with van der Waals surface area (Å²) < 4.78 is 11.1. The van der Waals surface area contributed by atoms with Gasteiger partial charge in [-0.25, -0.2) is 4.79 Å². The van der Waals surface area contributed by atoms with Gasteiger partial charge in [0.1, 0.15) is 22.7 Å². The van der Waals surface area contributed by atoms with Crippen molar-refractivity contribution in [3.8, 4) is 11.3 Å². The predicted octanol–water partition coefficient (Wildman–Crippen LogP) is 4.98. The Morgan fingerprint density at radius 2 is 1.75 bits per heavy atom. The molecule has 0 atom stereocenters. The van der Waals surface area contributed by atoms with Crippen LogP contribution in [0.25, 0.3) is 22.3 Å². The fraction of sp³-hybridized carbons (Fsp3) is 0.0909. The van der Waals surface area contributed by atoms with Crippen LogP contribution in [0.3, 0.4) is 0 Å². The molecule has 0 radical (unpaired) electrons.